The minimum absolute atomic E-state index is 0.0112. The number of hydrogen-bond donors (Lipinski definition) is 2. The molecule has 0 aliphatic carbocycles. The largest absolute Gasteiger partial charge is 0.365 e. The van der Waals surface area contributed by atoms with Gasteiger partial charge in [0.1, 0.15) is 15.9 Å². The standard InChI is InChI=1S/C15H19BrClF2N5S/c1-3-5-6-20-8(18)7-21-14-9-11(22-15(24-14)25-4-2)10(19)13(17)23-12(9)16/h8,20H,3-7H2,1-2H3,(H,21,22,24). The van der Waals surface area contributed by atoms with Crippen molar-refractivity contribution in [3.63, 3.8) is 0 Å². The highest BCUT2D eigenvalue weighted by Gasteiger charge is 2.19. The van der Waals surface area contributed by atoms with Crippen LogP contribution in [-0.4, -0.2) is 40.1 Å². The van der Waals surface area contributed by atoms with Crippen molar-refractivity contribution in [1.29, 1.82) is 0 Å². The van der Waals surface area contributed by atoms with Crippen molar-refractivity contribution in [2.75, 3.05) is 24.2 Å². The van der Waals surface area contributed by atoms with E-state index >= 15 is 0 Å². The normalized spacial score (nSPS) is 12.6. The van der Waals surface area contributed by atoms with Crippen molar-refractivity contribution in [3.8, 4) is 0 Å². The molecule has 0 spiro atoms. The molecule has 0 saturated carbocycles. The van der Waals surface area contributed by atoms with E-state index in [1.54, 1.807) is 0 Å². The number of anilines is 1. The number of nitrogens with zero attached hydrogens (tertiary/aromatic N) is 3. The molecule has 10 heteroatoms. The molecule has 0 aromatic carbocycles. The second kappa shape index (κ2) is 9.80. The van der Waals surface area contributed by atoms with E-state index in [0.717, 1.165) is 18.6 Å². The maximum absolute atomic E-state index is 14.4. The lowest BCUT2D eigenvalue weighted by molar-refractivity contribution is 0.287. The molecule has 2 rings (SSSR count). The van der Waals surface area contributed by atoms with Gasteiger partial charge in [0.15, 0.2) is 22.4 Å². The quantitative estimate of drug-likeness (QED) is 0.187. The molecule has 0 aliphatic heterocycles. The van der Waals surface area contributed by atoms with E-state index in [-0.39, 0.29) is 17.2 Å². The zero-order chi connectivity index (χ0) is 18.4. The van der Waals surface area contributed by atoms with E-state index in [1.165, 1.54) is 11.8 Å². The SMILES string of the molecule is CCCCNC(F)CNc1nc(SCC)nc2c(F)c(Cl)nc(Br)c12. The second-order valence-electron chi connectivity index (χ2n) is 5.17. The van der Waals surface area contributed by atoms with Crippen molar-refractivity contribution >= 4 is 56.0 Å². The predicted molar refractivity (Wildman–Crippen MR) is 103 cm³/mol. The monoisotopic (exact) mass is 453 g/mol. The molecule has 2 aromatic rings. The van der Waals surface area contributed by atoms with Crippen LogP contribution in [0.1, 0.15) is 26.7 Å². The van der Waals surface area contributed by atoms with Gasteiger partial charge in [0.2, 0.25) is 0 Å². The summed E-state index contributed by atoms with van der Waals surface area (Å²) in [5, 5.41) is 6.14. The number of pyridine rings is 1. The van der Waals surface area contributed by atoms with Gasteiger partial charge in [0, 0.05) is 0 Å². The molecule has 2 N–H and O–H groups in total. The summed E-state index contributed by atoms with van der Waals surface area (Å²) < 4.78 is 28.6. The zero-order valence-corrected chi connectivity index (χ0v) is 17.0. The Bertz CT molecular complexity index is 737. The Morgan fingerprint density at radius 3 is 2.72 bits per heavy atom. The number of hydrogen-bond acceptors (Lipinski definition) is 6. The first-order valence-corrected chi connectivity index (χ1v) is 10.1. The summed E-state index contributed by atoms with van der Waals surface area (Å²) in [5.74, 6) is 0.314. The Labute approximate surface area is 162 Å². The number of thioether (sulfide) groups is 1. The highest BCUT2D eigenvalue weighted by Crippen LogP contribution is 2.33. The molecule has 0 radical (unpaired) electrons. The van der Waals surface area contributed by atoms with Crippen LogP contribution in [-0.2, 0) is 0 Å². The van der Waals surface area contributed by atoms with Gasteiger partial charge in [0.25, 0.3) is 0 Å². The van der Waals surface area contributed by atoms with Gasteiger partial charge in [-0.2, -0.15) is 0 Å². The number of fused-ring (bicyclic) bond motifs is 1. The van der Waals surface area contributed by atoms with Gasteiger partial charge in [-0.15, -0.1) is 0 Å². The molecule has 0 amide bonds. The lowest BCUT2D eigenvalue weighted by atomic mass is 10.3. The molecular formula is C15H19BrClF2N5S. The highest BCUT2D eigenvalue weighted by atomic mass is 79.9. The summed E-state index contributed by atoms with van der Waals surface area (Å²) in [6.45, 7) is 4.56. The Morgan fingerprint density at radius 1 is 1.28 bits per heavy atom. The second-order valence-corrected chi connectivity index (χ2v) is 7.52. The van der Waals surface area contributed by atoms with Crippen LogP contribution >= 0.6 is 39.3 Å². The van der Waals surface area contributed by atoms with Crippen LogP contribution in [0.25, 0.3) is 10.9 Å². The van der Waals surface area contributed by atoms with Crippen LogP contribution in [0.5, 0.6) is 0 Å². The summed E-state index contributed by atoms with van der Waals surface area (Å²) in [6, 6.07) is 0. The smallest absolute Gasteiger partial charge is 0.190 e. The fourth-order valence-electron chi connectivity index (χ4n) is 2.10. The van der Waals surface area contributed by atoms with Gasteiger partial charge in [-0.3, -0.25) is 5.32 Å². The molecular weight excluding hydrogens is 436 g/mol. The van der Waals surface area contributed by atoms with E-state index in [0.29, 0.717) is 27.5 Å². The fraction of sp³-hybridized carbons (Fsp3) is 0.533. The van der Waals surface area contributed by atoms with Crippen molar-refractivity contribution in [2.45, 2.75) is 38.1 Å². The highest BCUT2D eigenvalue weighted by molar-refractivity contribution is 9.10. The first kappa shape index (κ1) is 20.5. The number of unbranched alkanes of at least 4 members (excludes halogenated alkanes) is 1. The molecule has 2 heterocycles. The van der Waals surface area contributed by atoms with Gasteiger partial charge in [0.05, 0.1) is 11.9 Å². The molecule has 0 aliphatic rings. The van der Waals surface area contributed by atoms with Crippen molar-refractivity contribution < 1.29 is 8.78 Å². The molecule has 25 heavy (non-hydrogen) atoms. The van der Waals surface area contributed by atoms with E-state index in [4.69, 9.17) is 11.6 Å². The Morgan fingerprint density at radius 2 is 2.04 bits per heavy atom. The van der Waals surface area contributed by atoms with Crippen LogP contribution in [0.15, 0.2) is 9.76 Å². The third-order valence-electron chi connectivity index (χ3n) is 3.30. The molecule has 5 nitrogen and oxygen atoms in total. The molecule has 1 atom stereocenters. The van der Waals surface area contributed by atoms with E-state index in [9.17, 15) is 8.78 Å². The van der Waals surface area contributed by atoms with Gasteiger partial charge in [-0.1, -0.05) is 43.6 Å². The Hall–Kier alpha value is -0.770. The summed E-state index contributed by atoms with van der Waals surface area (Å²) in [7, 11) is 0. The minimum atomic E-state index is -1.25. The van der Waals surface area contributed by atoms with Crippen LogP contribution in [0.4, 0.5) is 14.6 Å². The zero-order valence-electron chi connectivity index (χ0n) is 13.9. The van der Waals surface area contributed by atoms with Crippen molar-refractivity contribution in [2.24, 2.45) is 0 Å². The molecule has 2 aromatic heterocycles. The predicted octanol–water partition coefficient (Wildman–Crippen LogP) is 4.79. The number of rotatable bonds is 9. The molecule has 1 unspecified atom stereocenters. The summed E-state index contributed by atoms with van der Waals surface area (Å²) >= 11 is 10.4. The topological polar surface area (TPSA) is 62.7 Å². The van der Waals surface area contributed by atoms with Gasteiger partial charge < -0.3 is 5.32 Å². The van der Waals surface area contributed by atoms with Gasteiger partial charge >= 0.3 is 0 Å². The van der Waals surface area contributed by atoms with E-state index < -0.39 is 12.1 Å². The van der Waals surface area contributed by atoms with E-state index in [2.05, 4.69) is 41.5 Å². The number of aromatic nitrogens is 3. The maximum Gasteiger partial charge on any atom is 0.190 e. The first-order chi connectivity index (χ1) is 12.0. The lowest BCUT2D eigenvalue weighted by Gasteiger charge is -2.15. The number of halogens is 4. The summed E-state index contributed by atoms with van der Waals surface area (Å²) in [5.41, 5.74) is 0.0506. The third-order valence-corrected chi connectivity index (χ3v) is 4.85. The Kier molecular flexibility index (Phi) is 8.05. The van der Waals surface area contributed by atoms with E-state index in [1.807, 2.05) is 13.8 Å². The van der Waals surface area contributed by atoms with Crippen molar-refractivity contribution in [3.05, 3.63) is 15.6 Å². The molecule has 138 valence electrons. The van der Waals surface area contributed by atoms with Crippen LogP contribution < -0.4 is 10.6 Å². The van der Waals surface area contributed by atoms with Crippen LogP contribution in [0.2, 0.25) is 5.15 Å². The average molecular weight is 455 g/mol. The number of nitrogens with one attached hydrogen (secondary N) is 2. The number of alkyl halides is 1. The van der Waals surface area contributed by atoms with Crippen LogP contribution in [0.3, 0.4) is 0 Å². The molecule has 0 fully saturated rings. The lowest BCUT2D eigenvalue weighted by Crippen LogP contribution is -2.32. The Balaban J connectivity index is 2.32. The maximum atomic E-state index is 14.4. The van der Waals surface area contributed by atoms with Gasteiger partial charge in [-0.25, -0.2) is 23.7 Å². The third kappa shape index (κ3) is 5.35. The summed E-state index contributed by atoms with van der Waals surface area (Å²) in [4.78, 5) is 12.5. The average Bonchev–Trinajstić information content (AvgIpc) is 2.58. The van der Waals surface area contributed by atoms with Crippen molar-refractivity contribution in [1.82, 2.24) is 20.3 Å². The molecule has 0 bridgehead atoms. The van der Waals surface area contributed by atoms with Gasteiger partial charge in [-0.05, 0) is 34.6 Å². The fourth-order valence-corrected chi connectivity index (χ4v) is 3.50. The first-order valence-electron chi connectivity index (χ1n) is 7.94. The summed E-state index contributed by atoms with van der Waals surface area (Å²) in [6.07, 6.45) is 0.635. The molecule has 0 saturated heterocycles. The minimum Gasteiger partial charge on any atom is -0.365 e. The van der Waals surface area contributed by atoms with Crippen LogP contribution in [0, 0.1) is 5.82 Å².